The van der Waals surface area contributed by atoms with E-state index in [2.05, 4.69) is 62.2 Å². The molecule has 0 spiro atoms. The second kappa shape index (κ2) is 5.47. The number of aromatic nitrogens is 1. The molecule has 3 atom stereocenters. The largest absolute Gasteiger partial charge is 0.256 e. The van der Waals surface area contributed by atoms with Gasteiger partial charge < -0.3 is 0 Å². The predicted molar refractivity (Wildman–Crippen MR) is 96.6 cm³/mol. The van der Waals surface area contributed by atoms with Gasteiger partial charge in [-0.15, -0.1) is 0 Å². The third kappa shape index (κ3) is 2.82. The quantitative estimate of drug-likeness (QED) is 0.668. The Balaban J connectivity index is 1.61. The zero-order chi connectivity index (χ0) is 16.0. The molecule has 4 rings (SSSR count). The van der Waals surface area contributed by atoms with Gasteiger partial charge in [0.05, 0.1) is 5.69 Å². The Morgan fingerprint density at radius 2 is 1.74 bits per heavy atom. The molecule has 3 unspecified atom stereocenters. The van der Waals surface area contributed by atoms with E-state index in [0.717, 1.165) is 23.4 Å². The van der Waals surface area contributed by atoms with Crippen LogP contribution in [0.3, 0.4) is 0 Å². The second-order valence-corrected chi connectivity index (χ2v) is 8.58. The normalized spacial score (nSPS) is 26.7. The molecule has 1 aromatic heterocycles. The van der Waals surface area contributed by atoms with Crippen molar-refractivity contribution in [3.05, 3.63) is 53.7 Å². The summed E-state index contributed by atoms with van der Waals surface area (Å²) < 4.78 is 0. The Bertz CT molecular complexity index is 693. The van der Waals surface area contributed by atoms with Crippen molar-refractivity contribution in [1.82, 2.24) is 4.98 Å². The van der Waals surface area contributed by atoms with E-state index in [1.807, 2.05) is 6.20 Å². The zero-order valence-corrected chi connectivity index (χ0v) is 14.5. The van der Waals surface area contributed by atoms with Gasteiger partial charge in [-0.05, 0) is 65.7 Å². The molecule has 1 heteroatoms. The number of nitrogens with zero attached hydrogens (tertiary/aromatic N) is 1. The minimum atomic E-state index is 0.205. The zero-order valence-electron chi connectivity index (χ0n) is 14.5. The van der Waals surface area contributed by atoms with Crippen molar-refractivity contribution in [2.24, 2.45) is 11.8 Å². The molecule has 1 heterocycles. The maximum atomic E-state index is 4.63. The number of pyridine rings is 1. The van der Waals surface area contributed by atoms with Gasteiger partial charge >= 0.3 is 0 Å². The standard InChI is InChI=1S/C22H27N/c1-22(2,3)19-8-6-16(7-9-19)21-14-18(10-11-23-21)20-13-15-4-5-17(20)12-15/h6-11,14-15,17,20H,4-5,12-13H2,1-3H3. The molecule has 2 saturated carbocycles. The Kier molecular flexibility index (Phi) is 3.55. The van der Waals surface area contributed by atoms with E-state index in [1.54, 1.807) is 0 Å². The third-order valence-corrected chi connectivity index (χ3v) is 6.00. The van der Waals surface area contributed by atoms with E-state index in [1.165, 1.54) is 42.4 Å². The van der Waals surface area contributed by atoms with Gasteiger partial charge in [0, 0.05) is 11.8 Å². The maximum absolute atomic E-state index is 4.63. The summed E-state index contributed by atoms with van der Waals surface area (Å²) in [6.45, 7) is 6.78. The predicted octanol–water partition coefficient (Wildman–Crippen LogP) is 5.95. The average molecular weight is 305 g/mol. The molecule has 2 bridgehead atoms. The summed E-state index contributed by atoms with van der Waals surface area (Å²) in [4.78, 5) is 4.63. The van der Waals surface area contributed by atoms with Crippen LogP contribution in [-0.2, 0) is 5.41 Å². The minimum Gasteiger partial charge on any atom is -0.256 e. The third-order valence-electron chi connectivity index (χ3n) is 6.00. The summed E-state index contributed by atoms with van der Waals surface area (Å²) in [7, 11) is 0. The molecule has 0 N–H and O–H groups in total. The van der Waals surface area contributed by atoms with Crippen LogP contribution in [0.15, 0.2) is 42.6 Å². The lowest BCUT2D eigenvalue weighted by Crippen LogP contribution is -2.10. The molecule has 2 fully saturated rings. The van der Waals surface area contributed by atoms with Crippen LogP contribution < -0.4 is 0 Å². The average Bonchev–Trinajstić information content (AvgIpc) is 3.17. The number of benzene rings is 1. The first-order valence-corrected chi connectivity index (χ1v) is 9.07. The SMILES string of the molecule is CC(C)(C)c1ccc(-c2cc(C3CC4CCC3C4)ccn2)cc1. The van der Waals surface area contributed by atoms with Crippen molar-refractivity contribution >= 4 is 0 Å². The Morgan fingerprint density at radius 1 is 0.957 bits per heavy atom. The molecule has 2 aliphatic rings. The fourth-order valence-corrected chi connectivity index (χ4v) is 4.63. The highest BCUT2D eigenvalue weighted by molar-refractivity contribution is 5.60. The van der Waals surface area contributed by atoms with Crippen LogP contribution in [0.2, 0.25) is 0 Å². The highest BCUT2D eigenvalue weighted by Crippen LogP contribution is 2.52. The van der Waals surface area contributed by atoms with Gasteiger partial charge in [0.25, 0.3) is 0 Å². The summed E-state index contributed by atoms with van der Waals surface area (Å²) in [5.74, 6) is 2.70. The van der Waals surface area contributed by atoms with Gasteiger partial charge in [-0.2, -0.15) is 0 Å². The number of fused-ring (bicyclic) bond motifs is 2. The van der Waals surface area contributed by atoms with Crippen LogP contribution >= 0.6 is 0 Å². The van der Waals surface area contributed by atoms with E-state index in [-0.39, 0.29) is 5.41 Å². The first-order chi connectivity index (χ1) is 11.0. The highest BCUT2D eigenvalue weighted by Gasteiger charge is 2.40. The van der Waals surface area contributed by atoms with Crippen molar-refractivity contribution in [3.63, 3.8) is 0 Å². The maximum Gasteiger partial charge on any atom is 0.0704 e. The van der Waals surface area contributed by atoms with Crippen LogP contribution in [0, 0.1) is 11.8 Å². The van der Waals surface area contributed by atoms with E-state index in [0.29, 0.717) is 0 Å². The van der Waals surface area contributed by atoms with E-state index in [9.17, 15) is 0 Å². The van der Waals surface area contributed by atoms with Gasteiger partial charge in [0.15, 0.2) is 0 Å². The smallest absolute Gasteiger partial charge is 0.0704 e. The van der Waals surface area contributed by atoms with Gasteiger partial charge in [0.2, 0.25) is 0 Å². The van der Waals surface area contributed by atoms with Gasteiger partial charge in [-0.3, -0.25) is 4.98 Å². The van der Waals surface area contributed by atoms with E-state index in [4.69, 9.17) is 0 Å². The number of hydrogen-bond acceptors (Lipinski definition) is 1. The molecule has 0 aliphatic heterocycles. The fourth-order valence-electron chi connectivity index (χ4n) is 4.63. The summed E-state index contributed by atoms with van der Waals surface area (Å²) in [6, 6.07) is 13.6. The second-order valence-electron chi connectivity index (χ2n) is 8.58. The molecule has 120 valence electrons. The Labute approximate surface area is 140 Å². The lowest BCUT2D eigenvalue weighted by molar-refractivity contribution is 0.420. The van der Waals surface area contributed by atoms with Crippen molar-refractivity contribution < 1.29 is 0 Å². The molecule has 2 aliphatic carbocycles. The summed E-state index contributed by atoms with van der Waals surface area (Å²) in [5, 5.41) is 0. The monoisotopic (exact) mass is 305 g/mol. The Morgan fingerprint density at radius 3 is 2.35 bits per heavy atom. The van der Waals surface area contributed by atoms with Crippen LogP contribution in [0.25, 0.3) is 11.3 Å². The Hall–Kier alpha value is -1.63. The molecule has 0 radical (unpaired) electrons. The van der Waals surface area contributed by atoms with E-state index >= 15 is 0 Å². The minimum absolute atomic E-state index is 0.205. The van der Waals surface area contributed by atoms with Crippen molar-refractivity contribution in [1.29, 1.82) is 0 Å². The molecule has 0 amide bonds. The van der Waals surface area contributed by atoms with Gasteiger partial charge in [-0.1, -0.05) is 51.5 Å². The van der Waals surface area contributed by atoms with Crippen LogP contribution in [-0.4, -0.2) is 4.98 Å². The molecule has 23 heavy (non-hydrogen) atoms. The molecule has 2 aromatic rings. The lowest BCUT2D eigenvalue weighted by atomic mass is 9.83. The molecule has 1 aromatic carbocycles. The van der Waals surface area contributed by atoms with Crippen LogP contribution in [0.5, 0.6) is 0 Å². The topological polar surface area (TPSA) is 12.9 Å². The number of hydrogen-bond donors (Lipinski definition) is 0. The first-order valence-electron chi connectivity index (χ1n) is 9.07. The van der Waals surface area contributed by atoms with Crippen LogP contribution in [0.1, 0.15) is 63.5 Å². The van der Waals surface area contributed by atoms with Crippen molar-refractivity contribution in [2.45, 2.75) is 57.8 Å². The summed E-state index contributed by atoms with van der Waals surface area (Å²) >= 11 is 0. The first kappa shape index (κ1) is 14.9. The summed E-state index contributed by atoms with van der Waals surface area (Å²) in [5.41, 5.74) is 5.47. The molecular formula is C22H27N. The van der Waals surface area contributed by atoms with Crippen molar-refractivity contribution in [3.8, 4) is 11.3 Å². The lowest BCUT2D eigenvalue weighted by Gasteiger charge is -2.22. The molecule has 0 saturated heterocycles. The highest BCUT2D eigenvalue weighted by atomic mass is 14.7. The molecule has 1 nitrogen and oxygen atoms in total. The van der Waals surface area contributed by atoms with E-state index < -0.39 is 0 Å². The van der Waals surface area contributed by atoms with Gasteiger partial charge in [-0.25, -0.2) is 0 Å². The molecular weight excluding hydrogens is 278 g/mol. The fraction of sp³-hybridized carbons (Fsp3) is 0.500. The van der Waals surface area contributed by atoms with Crippen LogP contribution in [0.4, 0.5) is 0 Å². The van der Waals surface area contributed by atoms with Gasteiger partial charge in [0.1, 0.15) is 0 Å². The summed E-state index contributed by atoms with van der Waals surface area (Å²) in [6.07, 6.45) is 7.77. The van der Waals surface area contributed by atoms with Crippen molar-refractivity contribution in [2.75, 3.05) is 0 Å². The number of rotatable bonds is 2.